The summed E-state index contributed by atoms with van der Waals surface area (Å²) in [5.74, 6) is -2.09. The molecule has 1 saturated heterocycles. The number of hydrogen-bond acceptors (Lipinski definition) is 5. The Morgan fingerprint density at radius 2 is 1.61 bits per heavy atom. The van der Waals surface area contributed by atoms with Gasteiger partial charge in [-0.2, -0.15) is 0 Å². The maximum absolute atomic E-state index is 13.7. The van der Waals surface area contributed by atoms with Crippen LogP contribution >= 0.6 is 34.8 Å². The highest BCUT2D eigenvalue weighted by atomic mass is 35.5. The van der Waals surface area contributed by atoms with Crippen LogP contribution in [0.15, 0.2) is 42.5 Å². The van der Waals surface area contributed by atoms with E-state index in [1.54, 1.807) is 63.2 Å². The zero-order chi connectivity index (χ0) is 26.8. The summed E-state index contributed by atoms with van der Waals surface area (Å²) in [6.45, 7) is 4.97. The predicted octanol–water partition coefficient (Wildman–Crippen LogP) is 5.73. The number of rotatable bonds is 9. The molecule has 1 aliphatic heterocycles. The summed E-state index contributed by atoms with van der Waals surface area (Å²) < 4.78 is 32.0. The van der Waals surface area contributed by atoms with Crippen molar-refractivity contribution < 1.29 is 27.9 Å². The topological polar surface area (TPSA) is 101 Å². The molecule has 0 saturated carbocycles. The largest absolute Gasteiger partial charge is 0.481 e. The van der Waals surface area contributed by atoms with E-state index in [0.717, 1.165) is 0 Å². The Balaban J connectivity index is 2.23. The minimum atomic E-state index is -3.55. The predicted molar refractivity (Wildman–Crippen MR) is 140 cm³/mol. The molecule has 1 heterocycles. The summed E-state index contributed by atoms with van der Waals surface area (Å²) >= 11 is 18.7. The van der Waals surface area contributed by atoms with Crippen molar-refractivity contribution in [3.05, 3.63) is 68.7 Å². The number of ether oxygens (including phenoxy) is 1. The monoisotopic (exact) mass is 575 g/mol. The highest BCUT2D eigenvalue weighted by Gasteiger charge is 2.48. The van der Waals surface area contributed by atoms with Crippen LogP contribution in [0.4, 0.5) is 0 Å². The van der Waals surface area contributed by atoms with Crippen molar-refractivity contribution in [2.24, 2.45) is 0 Å². The fourth-order valence-corrected chi connectivity index (χ4v) is 6.30. The van der Waals surface area contributed by atoms with Crippen LogP contribution in [0.25, 0.3) is 0 Å². The molecule has 0 spiro atoms. The molecule has 0 aliphatic carbocycles. The van der Waals surface area contributed by atoms with E-state index in [1.165, 1.54) is 4.90 Å². The number of carboxylic acid groups (broad SMARTS) is 1. The van der Waals surface area contributed by atoms with E-state index in [9.17, 15) is 23.1 Å². The fraction of sp³-hybridized carbons (Fsp3) is 0.440. The number of carboxylic acids is 1. The molecule has 11 heteroatoms. The molecule has 1 N–H and O–H groups in total. The molecular formula is C25H28Cl3NO6S. The fourth-order valence-electron chi connectivity index (χ4n) is 4.31. The molecule has 3 rings (SSSR count). The molecule has 2 aromatic carbocycles. The Morgan fingerprint density at radius 1 is 1.03 bits per heavy atom. The van der Waals surface area contributed by atoms with Gasteiger partial charge in [-0.25, -0.2) is 8.42 Å². The second kappa shape index (κ2) is 11.7. The molecule has 2 aromatic rings. The minimum absolute atomic E-state index is 0.278. The second-order valence-corrected chi connectivity index (χ2v) is 12.9. The first-order valence-electron chi connectivity index (χ1n) is 11.5. The molecule has 3 unspecified atom stereocenters. The van der Waals surface area contributed by atoms with Crippen molar-refractivity contribution in [2.75, 3.05) is 5.75 Å². The van der Waals surface area contributed by atoms with Crippen LogP contribution in [-0.4, -0.2) is 53.4 Å². The van der Waals surface area contributed by atoms with E-state index in [-0.39, 0.29) is 5.75 Å². The van der Waals surface area contributed by atoms with Crippen molar-refractivity contribution in [2.45, 2.75) is 63.2 Å². The van der Waals surface area contributed by atoms with E-state index in [2.05, 4.69) is 0 Å². The number of amides is 1. The van der Waals surface area contributed by atoms with Crippen LogP contribution in [0, 0.1) is 0 Å². The molecule has 36 heavy (non-hydrogen) atoms. The summed E-state index contributed by atoms with van der Waals surface area (Å²) in [7, 11) is -3.55. The number of benzene rings is 2. The zero-order valence-corrected chi connectivity index (χ0v) is 23.1. The summed E-state index contributed by atoms with van der Waals surface area (Å²) in [5.41, 5.74) is 1.17. The Kier molecular flexibility index (Phi) is 9.33. The molecular weight excluding hydrogens is 549 g/mol. The first-order chi connectivity index (χ1) is 16.8. The Labute approximate surface area is 226 Å². The molecule has 0 bridgehead atoms. The molecule has 1 fully saturated rings. The van der Waals surface area contributed by atoms with Crippen LogP contribution < -0.4 is 0 Å². The van der Waals surface area contributed by atoms with Crippen molar-refractivity contribution in [1.82, 2.24) is 4.90 Å². The molecule has 4 atom stereocenters. The van der Waals surface area contributed by atoms with Gasteiger partial charge in [-0.3, -0.25) is 9.59 Å². The van der Waals surface area contributed by atoms with Crippen molar-refractivity contribution in [1.29, 1.82) is 0 Å². The smallest absolute Gasteiger partial charge is 0.306 e. The van der Waals surface area contributed by atoms with Gasteiger partial charge in [0.1, 0.15) is 12.2 Å². The number of aliphatic carboxylic acids is 1. The van der Waals surface area contributed by atoms with Crippen LogP contribution in [0.2, 0.25) is 15.1 Å². The first kappa shape index (κ1) is 28.7. The lowest BCUT2D eigenvalue weighted by Gasteiger charge is -2.48. The Morgan fingerprint density at radius 3 is 2.11 bits per heavy atom. The molecule has 0 radical (unpaired) electrons. The number of carbonyl (C=O) groups excluding carboxylic acids is 1. The zero-order valence-electron chi connectivity index (χ0n) is 20.0. The van der Waals surface area contributed by atoms with Crippen molar-refractivity contribution >= 4 is 56.5 Å². The van der Waals surface area contributed by atoms with Crippen LogP contribution in [-0.2, 0) is 24.2 Å². The molecule has 7 nitrogen and oxygen atoms in total. The van der Waals surface area contributed by atoms with Gasteiger partial charge in [0.05, 0.1) is 23.5 Å². The number of carbonyl (C=O) groups is 2. The van der Waals surface area contributed by atoms with E-state index in [4.69, 9.17) is 39.5 Å². The number of nitrogens with zero attached hydrogens (tertiary/aromatic N) is 1. The number of hydrogen-bond donors (Lipinski definition) is 1. The van der Waals surface area contributed by atoms with Gasteiger partial charge < -0.3 is 14.7 Å². The van der Waals surface area contributed by atoms with Gasteiger partial charge in [-0.1, -0.05) is 53.9 Å². The van der Waals surface area contributed by atoms with Gasteiger partial charge in [-0.05, 0) is 61.7 Å². The summed E-state index contributed by atoms with van der Waals surface area (Å²) in [6, 6.07) is 10.1. The molecule has 196 valence electrons. The first-order valence-corrected chi connectivity index (χ1v) is 14.3. The van der Waals surface area contributed by atoms with Gasteiger partial charge in [0, 0.05) is 21.1 Å². The highest BCUT2D eigenvalue weighted by molar-refractivity contribution is 7.92. The molecule has 0 aromatic heterocycles. The lowest BCUT2D eigenvalue weighted by molar-refractivity contribution is -0.182. The van der Waals surface area contributed by atoms with E-state index >= 15 is 0 Å². The van der Waals surface area contributed by atoms with Gasteiger partial charge >= 0.3 is 5.97 Å². The Bertz CT molecular complexity index is 1200. The van der Waals surface area contributed by atoms with E-state index in [0.29, 0.717) is 32.6 Å². The van der Waals surface area contributed by atoms with Crippen molar-refractivity contribution in [3.63, 3.8) is 0 Å². The third-order valence-electron chi connectivity index (χ3n) is 6.22. The number of halogens is 3. The number of morpholine rings is 1. The molecule has 1 amide bonds. The average molecular weight is 577 g/mol. The average Bonchev–Trinajstić information content (AvgIpc) is 2.78. The normalized spacial score (nSPS) is 21.6. The quantitative estimate of drug-likeness (QED) is 0.409. The standard InChI is InChI=1S/C25H28Cl3NO6S/c1-4-20(13-36(33,34)14(2)3)29-23(15-5-7-17(26)8-6-15)24(16-9-18(27)11-19(28)10-16)35-21(25(29)32)12-22(30)31/h5-11,14,20-21,23-24H,4,12-13H2,1-3H3,(H,30,31)/t20?,21-,23?,24?/m0/s1. The van der Waals surface area contributed by atoms with Gasteiger partial charge in [0.15, 0.2) is 9.84 Å². The minimum Gasteiger partial charge on any atom is -0.481 e. The van der Waals surface area contributed by atoms with Gasteiger partial charge in [-0.15, -0.1) is 0 Å². The molecule has 1 aliphatic rings. The summed E-state index contributed by atoms with van der Waals surface area (Å²) in [4.78, 5) is 26.8. The van der Waals surface area contributed by atoms with E-state index < -0.39 is 57.7 Å². The maximum Gasteiger partial charge on any atom is 0.306 e. The van der Waals surface area contributed by atoms with Crippen molar-refractivity contribution in [3.8, 4) is 0 Å². The van der Waals surface area contributed by atoms with Gasteiger partial charge in [0.2, 0.25) is 0 Å². The third kappa shape index (κ3) is 6.53. The van der Waals surface area contributed by atoms with Crippen LogP contribution in [0.1, 0.15) is 56.9 Å². The summed E-state index contributed by atoms with van der Waals surface area (Å²) in [5, 5.41) is 9.99. The lowest BCUT2D eigenvalue weighted by Crippen LogP contribution is -2.56. The van der Waals surface area contributed by atoms with E-state index in [1.807, 2.05) is 0 Å². The second-order valence-electron chi connectivity index (χ2n) is 9.03. The van der Waals surface area contributed by atoms with Gasteiger partial charge in [0.25, 0.3) is 5.91 Å². The lowest BCUT2D eigenvalue weighted by atomic mass is 9.89. The van der Waals surface area contributed by atoms with Crippen LogP contribution in [0.5, 0.6) is 0 Å². The summed E-state index contributed by atoms with van der Waals surface area (Å²) in [6.07, 6.45) is -2.46. The third-order valence-corrected chi connectivity index (χ3v) is 9.19. The SMILES string of the molecule is CCC(CS(=O)(=O)C(C)C)N1C(=O)[C@H](CC(=O)O)OC(c2cc(Cl)cc(Cl)c2)C1c1ccc(Cl)cc1. The Hall–Kier alpha value is -1.84. The maximum atomic E-state index is 13.7. The van der Waals surface area contributed by atoms with Crippen LogP contribution in [0.3, 0.4) is 0 Å². The number of sulfone groups is 1. The highest BCUT2D eigenvalue weighted by Crippen LogP contribution is 2.45.